The summed E-state index contributed by atoms with van der Waals surface area (Å²) in [5.41, 5.74) is 6.95. The summed E-state index contributed by atoms with van der Waals surface area (Å²) in [5, 5.41) is 2.77. The molecule has 1 atom stereocenters. The van der Waals surface area contributed by atoms with Crippen molar-refractivity contribution >= 4 is 5.91 Å². The van der Waals surface area contributed by atoms with E-state index in [1.807, 2.05) is 38.1 Å². The van der Waals surface area contributed by atoms with Gasteiger partial charge >= 0.3 is 0 Å². The molecule has 4 heteroatoms. The third-order valence-corrected chi connectivity index (χ3v) is 2.69. The van der Waals surface area contributed by atoms with E-state index < -0.39 is 0 Å². The van der Waals surface area contributed by atoms with Crippen molar-refractivity contribution in [1.82, 2.24) is 5.32 Å². The van der Waals surface area contributed by atoms with Gasteiger partial charge in [-0.25, -0.2) is 0 Å². The second-order valence-corrected chi connectivity index (χ2v) is 4.19. The van der Waals surface area contributed by atoms with E-state index >= 15 is 0 Å². The highest BCUT2D eigenvalue weighted by Crippen LogP contribution is 2.25. The number of rotatable bonds is 7. The quantitative estimate of drug-likeness (QED) is 0.778. The molecule has 0 aliphatic heterocycles. The predicted molar refractivity (Wildman–Crippen MR) is 72.5 cm³/mol. The van der Waals surface area contributed by atoms with E-state index in [2.05, 4.69) is 5.32 Å². The second kappa shape index (κ2) is 7.71. The van der Waals surface area contributed by atoms with E-state index in [0.717, 1.165) is 18.4 Å². The number of ether oxygens (including phenoxy) is 1. The van der Waals surface area contributed by atoms with Crippen molar-refractivity contribution in [3.63, 3.8) is 0 Å². The molecule has 1 aromatic carbocycles. The summed E-state index contributed by atoms with van der Waals surface area (Å²) < 4.78 is 5.53. The number of carbonyl (C=O) groups is 1. The van der Waals surface area contributed by atoms with Crippen LogP contribution < -0.4 is 15.8 Å². The van der Waals surface area contributed by atoms with Crippen LogP contribution in [0.3, 0.4) is 0 Å². The number of hydrogen-bond acceptors (Lipinski definition) is 3. The van der Waals surface area contributed by atoms with E-state index in [4.69, 9.17) is 10.5 Å². The fourth-order valence-electron chi connectivity index (χ4n) is 1.60. The predicted octanol–water partition coefficient (Wildman–Crippen LogP) is 2.00. The number of nitrogens with one attached hydrogen (secondary N) is 1. The molecular weight excluding hydrogens is 228 g/mol. The first-order valence-corrected chi connectivity index (χ1v) is 6.43. The third-order valence-electron chi connectivity index (χ3n) is 2.69. The maximum atomic E-state index is 11.5. The molecule has 1 aromatic rings. The second-order valence-electron chi connectivity index (χ2n) is 4.19. The minimum absolute atomic E-state index is 0.0352. The lowest BCUT2D eigenvalue weighted by atomic mass is 10.0. The van der Waals surface area contributed by atoms with Crippen LogP contribution in [0.2, 0.25) is 0 Å². The number of hydrogen-bond donors (Lipinski definition) is 2. The zero-order chi connectivity index (χ0) is 13.4. The molecule has 0 aromatic heterocycles. The van der Waals surface area contributed by atoms with Crippen molar-refractivity contribution in [3.05, 3.63) is 29.8 Å². The Morgan fingerprint density at radius 2 is 2.11 bits per heavy atom. The van der Waals surface area contributed by atoms with Crippen molar-refractivity contribution < 1.29 is 9.53 Å². The first-order chi connectivity index (χ1) is 8.69. The van der Waals surface area contributed by atoms with Gasteiger partial charge in [0.1, 0.15) is 5.75 Å². The first kappa shape index (κ1) is 14.5. The molecule has 1 unspecified atom stereocenters. The maximum Gasteiger partial charge on any atom is 0.257 e. The Balaban J connectivity index is 2.59. The minimum Gasteiger partial charge on any atom is -0.483 e. The van der Waals surface area contributed by atoms with Crippen LogP contribution in [-0.2, 0) is 4.79 Å². The third kappa shape index (κ3) is 4.37. The van der Waals surface area contributed by atoms with Crippen molar-refractivity contribution in [2.24, 2.45) is 5.73 Å². The molecule has 0 fully saturated rings. The van der Waals surface area contributed by atoms with Gasteiger partial charge in [0.25, 0.3) is 5.91 Å². The molecule has 1 amide bonds. The van der Waals surface area contributed by atoms with Crippen molar-refractivity contribution in [2.75, 3.05) is 13.2 Å². The summed E-state index contributed by atoms with van der Waals surface area (Å²) in [5.74, 6) is 0.593. The molecule has 18 heavy (non-hydrogen) atoms. The van der Waals surface area contributed by atoms with Gasteiger partial charge in [-0.3, -0.25) is 4.79 Å². The van der Waals surface area contributed by atoms with Crippen LogP contribution in [0, 0.1) is 0 Å². The fourth-order valence-corrected chi connectivity index (χ4v) is 1.60. The number of benzene rings is 1. The average molecular weight is 250 g/mol. The smallest absolute Gasteiger partial charge is 0.257 e. The zero-order valence-corrected chi connectivity index (χ0v) is 11.1. The first-order valence-electron chi connectivity index (χ1n) is 6.43. The molecule has 0 bridgehead atoms. The summed E-state index contributed by atoms with van der Waals surface area (Å²) in [6.45, 7) is 4.75. The SMILES string of the molecule is CCCNC(=O)COc1ccccc1C(N)CC. The van der Waals surface area contributed by atoms with Gasteiger partial charge in [-0.1, -0.05) is 32.0 Å². The van der Waals surface area contributed by atoms with Crippen LogP contribution >= 0.6 is 0 Å². The Labute approximate surface area is 109 Å². The zero-order valence-electron chi connectivity index (χ0n) is 11.1. The van der Waals surface area contributed by atoms with E-state index in [0.29, 0.717) is 12.3 Å². The lowest BCUT2D eigenvalue weighted by Crippen LogP contribution is -2.29. The minimum atomic E-state index is -0.100. The molecule has 0 aliphatic carbocycles. The summed E-state index contributed by atoms with van der Waals surface area (Å²) >= 11 is 0. The number of carbonyl (C=O) groups excluding carboxylic acids is 1. The average Bonchev–Trinajstić information content (AvgIpc) is 2.42. The molecule has 0 saturated heterocycles. The van der Waals surface area contributed by atoms with Gasteiger partial charge in [-0.2, -0.15) is 0 Å². The highest BCUT2D eigenvalue weighted by molar-refractivity contribution is 5.77. The molecular formula is C14H22N2O2. The molecule has 0 spiro atoms. The summed E-state index contributed by atoms with van der Waals surface area (Å²) in [6.07, 6.45) is 1.76. The van der Waals surface area contributed by atoms with Crippen LogP contribution in [-0.4, -0.2) is 19.1 Å². The van der Waals surface area contributed by atoms with Crippen molar-refractivity contribution in [1.29, 1.82) is 0 Å². The normalized spacial score (nSPS) is 11.9. The Morgan fingerprint density at radius 1 is 1.39 bits per heavy atom. The summed E-state index contributed by atoms with van der Waals surface area (Å²) in [6, 6.07) is 7.53. The molecule has 100 valence electrons. The number of nitrogens with two attached hydrogens (primary N) is 1. The van der Waals surface area contributed by atoms with Crippen molar-refractivity contribution in [3.8, 4) is 5.75 Å². The largest absolute Gasteiger partial charge is 0.483 e. The number of amides is 1. The highest BCUT2D eigenvalue weighted by atomic mass is 16.5. The molecule has 0 saturated carbocycles. The lowest BCUT2D eigenvalue weighted by molar-refractivity contribution is -0.123. The summed E-state index contributed by atoms with van der Waals surface area (Å²) in [4.78, 5) is 11.5. The van der Waals surface area contributed by atoms with E-state index in [1.54, 1.807) is 0 Å². The molecule has 1 rings (SSSR count). The van der Waals surface area contributed by atoms with E-state index in [1.165, 1.54) is 0 Å². The van der Waals surface area contributed by atoms with Crippen LogP contribution in [0.25, 0.3) is 0 Å². The Hall–Kier alpha value is -1.55. The van der Waals surface area contributed by atoms with Crippen LogP contribution in [0.1, 0.15) is 38.3 Å². The van der Waals surface area contributed by atoms with Crippen LogP contribution in [0.15, 0.2) is 24.3 Å². The molecule has 0 aliphatic rings. The molecule has 0 radical (unpaired) electrons. The van der Waals surface area contributed by atoms with Gasteiger partial charge in [0, 0.05) is 18.2 Å². The standard InChI is InChI=1S/C14H22N2O2/c1-3-9-16-14(17)10-18-13-8-6-5-7-11(13)12(15)4-2/h5-8,12H,3-4,9-10,15H2,1-2H3,(H,16,17). The molecule has 0 heterocycles. The van der Waals surface area contributed by atoms with Gasteiger partial charge in [0.05, 0.1) is 0 Å². The Kier molecular flexibility index (Phi) is 6.22. The highest BCUT2D eigenvalue weighted by Gasteiger charge is 2.10. The molecule has 3 N–H and O–H groups in total. The van der Waals surface area contributed by atoms with Crippen LogP contribution in [0.5, 0.6) is 5.75 Å². The monoisotopic (exact) mass is 250 g/mol. The topological polar surface area (TPSA) is 64.3 Å². The molecule has 4 nitrogen and oxygen atoms in total. The summed E-state index contributed by atoms with van der Waals surface area (Å²) in [7, 11) is 0. The Bertz CT molecular complexity index is 380. The van der Waals surface area contributed by atoms with E-state index in [-0.39, 0.29) is 18.6 Å². The lowest BCUT2D eigenvalue weighted by Gasteiger charge is -2.15. The van der Waals surface area contributed by atoms with Gasteiger partial charge in [0.15, 0.2) is 6.61 Å². The van der Waals surface area contributed by atoms with E-state index in [9.17, 15) is 4.79 Å². The van der Waals surface area contributed by atoms with Gasteiger partial charge in [-0.05, 0) is 18.9 Å². The van der Waals surface area contributed by atoms with Gasteiger partial charge in [-0.15, -0.1) is 0 Å². The fraction of sp³-hybridized carbons (Fsp3) is 0.500. The maximum absolute atomic E-state index is 11.5. The van der Waals surface area contributed by atoms with Gasteiger partial charge < -0.3 is 15.8 Å². The van der Waals surface area contributed by atoms with Crippen LogP contribution in [0.4, 0.5) is 0 Å². The number of para-hydroxylation sites is 1. The van der Waals surface area contributed by atoms with Gasteiger partial charge in [0.2, 0.25) is 0 Å². The Morgan fingerprint density at radius 3 is 2.78 bits per heavy atom. The van der Waals surface area contributed by atoms with Crippen molar-refractivity contribution in [2.45, 2.75) is 32.7 Å².